The van der Waals surface area contributed by atoms with Gasteiger partial charge in [-0.25, -0.2) is 0 Å². The fourth-order valence-corrected chi connectivity index (χ4v) is 3.22. The number of thiophene rings is 1. The van der Waals surface area contributed by atoms with Gasteiger partial charge in [-0.1, -0.05) is 12.8 Å². The van der Waals surface area contributed by atoms with Crippen LogP contribution in [0.4, 0.5) is 0 Å². The van der Waals surface area contributed by atoms with E-state index in [1.54, 1.807) is 0 Å². The molecule has 0 saturated heterocycles. The predicted molar refractivity (Wildman–Crippen MR) is 69.4 cm³/mol. The second-order valence-corrected chi connectivity index (χ2v) is 5.53. The summed E-state index contributed by atoms with van der Waals surface area (Å²) in [6.07, 6.45) is 4.21. The number of amides is 1. The van der Waals surface area contributed by atoms with E-state index in [4.69, 9.17) is 0 Å². The first-order chi connectivity index (χ1) is 8.18. The Bertz CT molecular complexity index is 383. The van der Waals surface area contributed by atoms with Crippen LogP contribution in [0.2, 0.25) is 0 Å². The van der Waals surface area contributed by atoms with Gasteiger partial charge in [0.1, 0.15) is 0 Å². The first kappa shape index (κ1) is 12.6. The molecule has 1 aromatic rings. The van der Waals surface area contributed by atoms with Crippen LogP contribution in [0, 0.1) is 12.8 Å². The molecule has 0 radical (unpaired) electrons. The Hall–Kier alpha value is -0.870. The lowest BCUT2D eigenvalue weighted by Gasteiger charge is -2.17. The molecule has 4 heteroatoms. The maximum Gasteiger partial charge on any atom is 0.252 e. The molecule has 1 aliphatic rings. The van der Waals surface area contributed by atoms with E-state index < -0.39 is 0 Å². The van der Waals surface area contributed by atoms with Gasteiger partial charge in [-0.15, -0.1) is 0 Å². The number of carbonyl (C=O) groups is 1. The Morgan fingerprint density at radius 2 is 2.24 bits per heavy atom. The van der Waals surface area contributed by atoms with Gasteiger partial charge in [0.15, 0.2) is 0 Å². The number of aliphatic hydroxyl groups is 1. The van der Waals surface area contributed by atoms with E-state index in [0.29, 0.717) is 12.5 Å². The highest BCUT2D eigenvalue weighted by Crippen LogP contribution is 2.27. The largest absolute Gasteiger partial charge is 0.391 e. The summed E-state index contributed by atoms with van der Waals surface area (Å²) >= 11 is 1.53. The van der Waals surface area contributed by atoms with Crippen molar-refractivity contribution in [1.29, 1.82) is 0 Å². The van der Waals surface area contributed by atoms with Crippen molar-refractivity contribution in [2.45, 2.75) is 38.7 Å². The minimum absolute atomic E-state index is 0.0687. The Morgan fingerprint density at radius 1 is 1.53 bits per heavy atom. The molecule has 0 bridgehead atoms. The predicted octanol–water partition coefficient (Wildman–Crippen LogP) is 2.34. The first-order valence-electron chi connectivity index (χ1n) is 6.17. The van der Waals surface area contributed by atoms with E-state index in [2.05, 4.69) is 5.32 Å². The van der Waals surface area contributed by atoms with E-state index in [0.717, 1.165) is 24.0 Å². The molecule has 3 nitrogen and oxygen atoms in total. The molecule has 1 saturated carbocycles. The third kappa shape index (κ3) is 3.07. The van der Waals surface area contributed by atoms with Gasteiger partial charge in [0.2, 0.25) is 0 Å². The first-order valence-corrected chi connectivity index (χ1v) is 7.12. The fourth-order valence-electron chi connectivity index (χ4n) is 2.39. The van der Waals surface area contributed by atoms with E-state index >= 15 is 0 Å². The molecule has 0 spiro atoms. The van der Waals surface area contributed by atoms with Gasteiger partial charge in [0.25, 0.3) is 5.91 Å². The fraction of sp³-hybridized carbons (Fsp3) is 0.615. The van der Waals surface area contributed by atoms with Crippen molar-refractivity contribution < 1.29 is 9.90 Å². The normalized spacial score (nSPS) is 18.2. The van der Waals surface area contributed by atoms with Crippen molar-refractivity contribution in [3.05, 3.63) is 21.9 Å². The van der Waals surface area contributed by atoms with Gasteiger partial charge in [0, 0.05) is 11.9 Å². The molecule has 1 amide bonds. The van der Waals surface area contributed by atoms with Crippen molar-refractivity contribution in [3.63, 3.8) is 0 Å². The molecule has 1 atom stereocenters. The smallest absolute Gasteiger partial charge is 0.252 e. The summed E-state index contributed by atoms with van der Waals surface area (Å²) < 4.78 is 0. The third-order valence-electron chi connectivity index (χ3n) is 3.52. The van der Waals surface area contributed by atoms with Crippen LogP contribution in [0.1, 0.15) is 41.6 Å². The highest BCUT2D eigenvalue weighted by atomic mass is 32.1. The molecule has 0 aromatic carbocycles. The number of rotatable bonds is 4. The molecule has 1 heterocycles. The van der Waals surface area contributed by atoms with Gasteiger partial charge >= 0.3 is 0 Å². The summed E-state index contributed by atoms with van der Waals surface area (Å²) in [6.45, 7) is 2.30. The van der Waals surface area contributed by atoms with E-state index in [1.165, 1.54) is 24.2 Å². The molecular weight excluding hydrogens is 234 g/mol. The second kappa shape index (κ2) is 5.65. The molecule has 0 aliphatic heterocycles. The molecule has 1 unspecified atom stereocenters. The maximum atomic E-state index is 11.8. The number of nitrogens with one attached hydrogen (secondary N) is 1. The zero-order chi connectivity index (χ0) is 12.3. The van der Waals surface area contributed by atoms with E-state index in [-0.39, 0.29) is 12.0 Å². The van der Waals surface area contributed by atoms with Gasteiger partial charge < -0.3 is 10.4 Å². The molecule has 94 valence electrons. The lowest BCUT2D eigenvalue weighted by atomic mass is 10.0. The summed E-state index contributed by atoms with van der Waals surface area (Å²) in [4.78, 5) is 11.8. The number of hydrogen-bond acceptors (Lipinski definition) is 3. The van der Waals surface area contributed by atoms with Gasteiger partial charge in [-0.3, -0.25) is 4.79 Å². The highest BCUT2D eigenvalue weighted by molar-refractivity contribution is 7.08. The van der Waals surface area contributed by atoms with Gasteiger partial charge in [-0.05, 0) is 36.6 Å². The van der Waals surface area contributed by atoms with Crippen molar-refractivity contribution in [2.75, 3.05) is 6.54 Å². The quantitative estimate of drug-likeness (QED) is 0.865. The highest BCUT2D eigenvalue weighted by Gasteiger charge is 2.23. The second-order valence-electron chi connectivity index (χ2n) is 4.79. The minimum atomic E-state index is -0.389. The molecule has 2 rings (SSSR count). The minimum Gasteiger partial charge on any atom is -0.391 e. The van der Waals surface area contributed by atoms with Crippen LogP contribution in [0.3, 0.4) is 0 Å². The van der Waals surface area contributed by atoms with Crippen LogP contribution < -0.4 is 5.32 Å². The summed E-state index contributed by atoms with van der Waals surface area (Å²) in [5.74, 6) is 0.305. The monoisotopic (exact) mass is 253 g/mol. The van der Waals surface area contributed by atoms with Crippen molar-refractivity contribution in [1.82, 2.24) is 5.32 Å². The number of aryl methyl sites for hydroxylation is 1. The van der Waals surface area contributed by atoms with Crippen molar-refractivity contribution in [2.24, 2.45) is 5.92 Å². The average Bonchev–Trinajstić information content (AvgIpc) is 2.95. The molecule has 1 aromatic heterocycles. The Kier molecular flexibility index (Phi) is 4.18. The number of hydrogen-bond donors (Lipinski definition) is 2. The molecule has 1 fully saturated rings. The Labute approximate surface area is 106 Å². The summed E-state index contributed by atoms with van der Waals surface area (Å²) in [5.41, 5.74) is 1.73. The number of carbonyl (C=O) groups excluding carboxylic acids is 1. The standard InChI is InChI=1S/C13H19NO2S/c1-9-7-17-8-11(9)13(16)14-6-12(15)10-4-2-3-5-10/h7-8,10,12,15H,2-6H2,1H3,(H,14,16). The molecule has 1 aliphatic carbocycles. The maximum absolute atomic E-state index is 11.8. The van der Waals surface area contributed by atoms with Crippen molar-refractivity contribution in [3.8, 4) is 0 Å². The van der Waals surface area contributed by atoms with Crippen LogP contribution in [0.15, 0.2) is 10.8 Å². The third-order valence-corrected chi connectivity index (χ3v) is 4.38. The number of aliphatic hydroxyl groups excluding tert-OH is 1. The summed E-state index contributed by atoms with van der Waals surface area (Å²) in [6, 6.07) is 0. The van der Waals surface area contributed by atoms with E-state index in [1.807, 2.05) is 17.7 Å². The Balaban J connectivity index is 1.82. The van der Waals surface area contributed by atoms with Crippen LogP contribution >= 0.6 is 11.3 Å². The zero-order valence-electron chi connectivity index (χ0n) is 10.1. The average molecular weight is 253 g/mol. The lowest BCUT2D eigenvalue weighted by molar-refractivity contribution is 0.0840. The van der Waals surface area contributed by atoms with Crippen LogP contribution in [0.5, 0.6) is 0 Å². The summed E-state index contributed by atoms with van der Waals surface area (Å²) in [7, 11) is 0. The summed E-state index contributed by atoms with van der Waals surface area (Å²) in [5, 5.41) is 16.6. The zero-order valence-corrected chi connectivity index (χ0v) is 10.9. The molecule has 2 N–H and O–H groups in total. The van der Waals surface area contributed by atoms with E-state index in [9.17, 15) is 9.90 Å². The lowest BCUT2D eigenvalue weighted by Crippen LogP contribution is -2.35. The van der Waals surface area contributed by atoms with Gasteiger partial charge in [-0.2, -0.15) is 11.3 Å². The molecule has 17 heavy (non-hydrogen) atoms. The van der Waals surface area contributed by atoms with Crippen LogP contribution in [-0.4, -0.2) is 23.7 Å². The molecular formula is C13H19NO2S. The SMILES string of the molecule is Cc1cscc1C(=O)NCC(O)C1CCCC1. The van der Waals surface area contributed by atoms with Crippen molar-refractivity contribution >= 4 is 17.2 Å². The Morgan fingerprint density at radius 3 is 2.82 bits per heavy atom. The van der Waals surface area contributed by atoms with Crippen LogP contribution in [-0.2, 0) is 0 Å². The van der Waals surface area contributed by atoms with Crippen LogP contribution in [0.25, 0.3) is 0 Å². The van der Waals surface area contributed by atoms with Gasteiger partial charge in [0.05, 0.1) is 11.7 Å². The topological polar surface area (TPSA) is 49.3 Å².